The number of halogens is 1. The smallest absolute Gasteiger partial charge is 0.0561 e. The third kappa shape index (κ3) is 3.51. The predicted molar refractivity (Wildman–Crippen MR) is 143 cm³/mol. The van der Waals surface area contributed by atoms with Crippen molar-refractivity contribution in [2.45, 2.75) is 0 Å². The second-order valence-corrected chi connectivity index (χ2v) is 8.95. The van der Waals surface area contributed by atoms with Crippen LogP contribution in [0.5, 0.6) is 0 Å². The lowest BCUT2D eigenvalue weighted by molar-refractivity contribution is 1.18. The van der Waals surface area contributed by atoms with E-state index < -0.39 is 0 Å². The Balaban J connectivity index is 1.63. The van der Waals surface area contributed by atoms with Crippen LogP contribution in [-0.2, 0) is 0 Å². The summed E-state index contributed by atoms with van der Waals surface area (Å²) in [6.45, 7) is 0. The van der Waals surface area contributed by atoms with Gasteiger partial charge in [-0.3, -0.25) is 0 Å². The van der Waals surface area contributed by atoms with Crippen molar-refractivity contribution in [1.29, 1.82) is 0 Å². The van der Waals surface area contributed by atoms with Crippen molar-refractivity contribution in [3.8, 4) is 5.69 Å². The third-order valence-corrected chi connectivity index (χ3v) is 6.56. The van der Waals surface area contributed by atoms with E-state index in [1.807, 2.05) is 0 Å². The van der Waals surface area contributed by atoms with Crippen LogP contribution in [0, 0.1) is 0 Å². The molecule has 5 aromatic carbocycles. The van der Waals surface area contributed by atoms with Crippen LogP contribution in [0.3, 0.4) is 0 Å². The maximum absolute atomic E-state index is 3.57. The highest BCUT2D eigenvalue weighted by molar-refractivity contribution is 9.10. The molecule has 0 aliphatic heterocycles. The van der Waals surface area contributed by atoms with Gasteiger partial charge in [0, 0.05) is 38.0 Å². The van der Waals surface area contributed by atoms with Crippen LogP contribution in [0.2, 0.25) is 0 Å². The average molecular weight is 489 g/mol. The van der Waals surface area contributed by atoms with E-state index in [4.69, 9.17) is 0 Å². The summed E-state index contributed by atoms with van der Waals surface area (Å²) in [7, 11) is 0. The lowest BCUT2D eigenvalue weighted by atomic mass is 10.1. The van der Waals surface area contributed by atoms with Gasteiger partial charge in [-0.15, -0.1) is 0 Å². The Morgan fingerprint density at radius 2 is 1.06 bits per heavy atom. The molecule has 0 saturated heterocycles. The third-order valence-electron chi connectivity index (χ3n) is 6.03. The zero-order valence-electron chi connectivity index (χ0n) is 17.9. The molecule has 0 N–H and O–H groups in total. The molecule has 1 heterocycles. The lowest BCUT2D eigenvalue weighted by Gasteiger charge is -2.25. The topological polar surface area (TPSA) is 8.17 Å². The van der Waals surface area contributed by atoms with E-state index in [0.717, 1.165) is 27.2 Å². The zero-order chi connectivity index (χ0) is 22.2. The summed E-state index contributed by atoms with van der Waals surface area (Å²) < 4.78 is 3.43. The first kappa shape index (κ1) is 19.8. The molecule has 33 heavy (non-hydrogen) atoms. The van der Waals surface area contributed by atoms with Crippen LogP contribution >= 0.6 is 15.9 Å². The van der Waals surface area contributed by atoms with Crippen molar-refractivity contribution in [2.75, 3.05) is 4.90 Å². The highest BCUT2D eigenvalue weighted by atomic mass is 79.9. The molecular weight excluding hydrogens is 468 g/mol. The highest BCUT2D eigenvalue weighted by Crippen LogP contribution is 2.39. The molecule has 0 atom stereocenters. The summed E-state index contributed by atoms with van der Waals surface area (Å²) in [5.41, 5.74) is 6.93. The lowest BCUT2D eigenvalue weighted by Crippen LogP contribution is -2.09. The number of nitrogens with zero attached hydrogens (tertiary/aromatic N) is 2. The summed E-state index contributed by atoms with van der Waals surface area (Å²) in [5, 5.41) is 2.51. The van der Waals surface area contributed by atoms with Crippen molar-refractivity contribution in [3.63, 3.8) is 0 Å². The van der Waals surface area contributed by atoms with E-state index >= 15 is 0 Å². The summed E-state index contributed by atoms with van der Waals surface area (Å²) >= 11 is 3.57. The van der Waals surface area contributed by atoms with Crippen molar-refractivity contribution in [2.24, 2.45) is 0 Å². The number of aromatic nitrogens is 1. The molecule has 0 amide bonds. The number of hydrogen-bond acceptors (Lipinski definition) is 1. The number of anilines is 3. The molecule has 0 fully saturated rings. The molecule has 0 bridgehead atoms. The summed E-state index contributed by atoms with van der Waals surface area (Å²) in [4.78, 5) is 2.30. The molecule has 0 saturated carbocycles. The Bertz CT molecular complexity index is 1550. The Hall–Kier alpha value is -3.82. The minimum absolute atomic E-state index is 1.07. The van der Waals surface area contributed by atoms with Crippen LogP contribution in [0.25, 0.3) is 27.5 Å². The monoisotopic (exact) mass is 488 g/mol. The predicted octanol–water partition coefficient (Wildman–Crippen LogP) is 9.02. The number of para-hydroxylation sites is 3. The first-order chi connectivity index (χ1) is 16.3. The van der Waals surface area contributed by atoms with Crippen LogP contribution in [0.4, 0.5) is 17.1 Å². The number of benzene rings is 5. The molecule has 158 valence electrons. The quantitative estimate of drug-likeness (QED) is 0.240. The second kappa shape index (κ2) is 8.27. The second-order valence-electron chi connectivity index (χ2n) is 8.04. The molecule has 0 aliphatic rings. The summed E-state index contributed by atoms with van der Waals surface area (Å²) in [5.74, 6) is 0. The first-order valence-electron chi connectivity index (χ1n) is 11.0. The standard InChI is InChI=1S/C30H21BrN2/c31-22-15-17-25(18-16-22)32(23-9-3-1-4-10-23)26-19-20-28-27-13-7-8-14-29(27)33(30(28)21-26)24-11-5-2-6-12-24/h1-21H. The molecule has 2 nitrogen and oxygen atoms in total. The van der Waals surface area contributed by atoms with Gasteiger partial charge in [-0.05, 0) is 66.7 Å². The van der Waals surface area contributed by atoms with Gasteiger partial charge in [0.15, 0.2) is 0 Å². The largest absolute Gasteiger partial charge is 0.310 e. The van der Waals surface area contributed by atoms with Crippen molar-refractivity contribution in [1.82, 2.24) is 4.57 Å². The van der Waals surface area contributed by atoms with E-state index in [9.17, 15) is 0 Å². The highest BCUT2D eigenvalue weighted by Gasteiger charge is 2.17. The Labute approximate surface area is 201 Å². The van der Waals surface area contributed by atoms with Crippen molar-refractivity contribution >= 4 is 54.8 Å². The Kier molecular flexibility index (Phi) is 4.97. The van der Waals surface area contributed by atoms with Crippen molar-refractivity contribution in [3.05, 3.63) is 132 Å². The number of rotatable bonds is 4. The van der Waals surface area contributed by atoms with Crippen LogP contribution in [-0.4, -0.2) is 4.57 Å². The molecule has 0 aliphatic carbocycles. The van der Waals surface area contributed by atoms with Gasteiger partial charge in [0.1, 0.15) is 0 Å². The Morgan fingerprint density at radius 3 is 1.82 bits per heavy atom. The minimum Gasteiger partial charge on any atom is -0.310 e. The molecule has 0 unspecified atom stereocenters. The number of fused-ring (bicyclic) bond motifs is 3. The fourth-order valence-electron chi connectivity index (χ4n) is 4.57. The minimum atomic E-state index is 1.07. The Morgan fingerprint density at radius 1 is 0.485 bits per heavy atom. The van der Waals surface area contributed by atoms with Crippen LogP contribution in [0.15, 0.2) is 132 Å². The van der Waals surface area contributed by atoms with Crippen molar-refractivity contribution < 1.29 is 0 Å². The molecule has 0 spiro atoms. The van der Waals surface area contributed by atoms with E-state index in [-0.39, 0.29) is 0 Å². The summed E-state index contributed by atoms with van der Waals surface area (Å²) in [6.07, 6.45) is 0. The van der Waals surface area contributed by atoms with Gasteiger partial charge in [0.05, 0.1) is 11.0 Å². The molecule has 6 rings (SSSR count). The molecule has 0 radical (unpaired) electrons. The number of hydrogen-bond donors (Lipinski definition) is 0. The summed E-state index contributed by atoms with van der Waals surface area (Å²) in [6, 6.07) is 45.0. The molecule has 1 aromatic heterocycles. The maximum Gasteiger partial charge on any atom is 0.0561 e. The zero-order valence-corrected chi connectivity index (χ0v) is 19.5. The van der Waals surface area contributed by atoms with Gasteiger partial charge < -0.3 is 9.47 Å². The van der Waals surface area contributed by atoms with Gasteiger partial charge >= 0.3 is 0 Å². The van der Waals surface area contributed by atoms with Gasteiger partial charge in [-0.25, -0.2) is 0 Å². The molecule has 3 heteroatoms. The van der Waals surface area contributed by atoms with Gasteiger partial charge in [-0.2, -0.15) is 0 Å². The maximum atomic E-state index is 3.57. The van der Waals surface area contributed by atoms with Crippen LogP contribution in [0.1, 0.15) is 0 Å². The van der Waals surface area contributed by atoms with E-state index in [0.29, 0.717) is 0 Å². The van der Waals surface area contributed by atoms with Crippen LogP contribution < -0.4 is 4.90 Å². The van der Waals surface area contributed by atoms with Gasteiger partial charge in [-0.1, -0.05) is 76.6 Å². The molecular formula is C30H21BrN2. The van der Waals surface area contributed by atoms with E-state index in [1.165, 1.54) is 21.8 Å². The fraction of sp³-hybridized carbons (Fsp3) is 0. The average Bonchev–Trinajstić information content (AvgIpc) is 3.20. The fourth-order valence-corrected chi connectivity index (χ4v) is 4.83. The van der Waals surface area contributed by atoms with E-state index in [2.05, 4.69) is 153 Å². The first-order valence-corrected chi connectivity index (χ1v) is 11.8. The van der Waals surface area contributed by atoms with Gasteiger partial charge in [0.25, 0.3) is 0 Å². The van der Waals surface area contributed by atoms with E-state index in [1.54, 1.807) is 0 Å². The van der Waals surface area contributed by atoms with Gasteiger partial charge in [0.2, 0.25) is 0 Å². The molecule has 6 aromatic rings. The normalized spacial score (nSPS) is 11.2. The SMILES string of the molecule is Brc1ccc(N(c2ccccc2)c2ccc3c4ccccc4n(-c4ccccc4)c3c2)cc1.